The van der Waals surface area contributed by atoms with E-state index in [9.17, 15) is 0 Å². The van der Waals surface area contributed by atoms with E-state index in [-0.39, 0.29) is 6.10 Å². The zero-order valence-corrected chi connectivity index (χ0v) is 12.6. The Bertz CT molecular complexity index is 378. The van der Waals surface area contributed by atoms with Crippen molar-refractivity contribution in [2.24, 2.45) is 0 Å². The largest absolute Gasteiger partial charge is 0.374 e. The predicted molar refractivity (Wildman–Crippen MR) is 77.3 cm³/mol. The molecule has 4 heteroatoms. The SMILES string of the molecule is Cc1ccc(C2C(CNC(C)C)OCCN2C)s1. The van der Waals surface area contributed by atoms with Crippen molar-refractivity contribution in [3.8, 4) is 0 Å². The normalized spacial score (nSPS) is 25.8. The molecule has 0 bridgehead atoms. The summed E-state index contributed by atoms with van der Waals surface area (Å²) >= 11 is 1.89. The van der Waals surface area contributed by atoms with Crippen LogP contribution in [0.25, 0.3) is 0 Å². The molecule has 0 aromatic carbocycles. The average Bonchev–Trinajstić information content (AvgIpc) is 2.72. The van der Waals surface area contributed by atoms with Crippen LogP contribution in [0.5, 0.6) is 0 Å². The second-order valence-corrected chi connectivity index (χ2v) is 6.67. The first-order valence-corrected chi connectivity index (χ1v) is 7.51. The molecule has 2 rings (SSSR count). The molecule has 1 N–H and O–H groups in total. The summed E-state index contributed by atoms with van der Waals surface area (Å²) in [6, 6.07) is 5.35. The van der Waals surface area contributed by atoms with E-state index in [1.807, 2.05) is 11.3 Å². The van der Waals surface area contributed by atoms with Crippen molar-refractivity contribution in [1.82, 2.24) is 10.2 Å². The minimum atomic E-state index is 0.254. The number of ether oxygens (including phenoxy) is 1. The molecule has 2 atom stereocenters. The molecule has 1 aliphatic heterocycles. The third-order valence-electron chi connectivity index (χ3n) is 3.38. The molecule has 2 heterocycles. The second kappa shape index (κ2) is 6.15. The number of nitrogens with one attached hydrogen (secondary N) is 1. The Morgan fingerprint density at radius 2 is 2.28 bits per heavy atom. The van der Waals surface area contributed by atoms with Crippen LogP contribution in [-0.4, -0.2) is 43.8 Å². The highest BCUT2D eigenvalue weighted by molar-refractivity contribution is 7.12. The van der Waals surface area contributed by atoms with Gasteiger partial charge in [-0.1, -0.05) is 13.8 Å². The van der Waals surface area contributed by atoms with Crippen LogP contribution in [0.4, 0.5) is 0 Å². The van der Waals surface area contributed by atoms with Gasteiger partial charge in [0.2, 0.25) is 0 Å². The van der Waals surface area contributed by atoms with Crippen molar-refractivity contribution in [2.75, 3.05) is 26.7 Å². The summed E-state index contributed by atoms with van der Waals surface area (Å²) in [6.45, 7) is 9.29. The molecule has 18 heavy (non-hydrogen) atoms. The van der Waals surface area contributed by atoms with Crippen molar-refractivity contribution >= 4 is 11.3 Å². The number of likely N-dealkylation sites (N-methyl/N-ethyl adjacent to an activating group) is 1. The lowest BCUT2D eigenvalue weighted by atomic mass is 10.1. The Labute approximate surface area is 114 Å². The Balaban J connectivity index is 2.10. The van der Waals surface area contributed by atoms with E-state index in [0.29, 0.717) is 12.1 Å². The van der Waals surface area contributed by atoms with Crippen LogP contribution in [0.3, 0.4) is 0 Å². The first-order valence-electron chi connectivity index (χ1n) is 6.69. The van der Waals surface area contributed by atoms with E-state index in [1.54, 1.807) is 0 Å². The first kappa shape index (κ1) is 14.0. The molecule has 1 aromatic rings. The van der Waals surface area contributed by atoms with Gasteiger partial charge in [0.25, 0.3) is 0 Å². The summed E-state index contributed by atoms with van der Waals surface area (Å²) in [5.41, 5.74) is 0. The maximum Gasteiger partial charge on any atom is 0.0904 e. The van der Waals surface area contributed by atoms with Gasteiger partial charge in [-0.05, 0) is 26.1 Å². The predicted octanol–water partition coefficient (Wildman–Crippen LogP) is 2.43. The minimum absolute atomic E-state index is 0.254. The van der Waals surface area contributed by atoms with Crippen LogP contribution in [0.15, 0.2) is 12.1 Å². The molecule has 2 unspecified atom stereocenters. The summed E-state index contributed by atoms with van der Waals surface area (Å²) in [5, 5.41) is 3.50. The highest BCUT2D eigenvalue weighted by Crippen LogP contribution is 2.32. The van der Waals surface area contributed by atoms with E-state index >= 15 is 0 Å². The molecule has 102 valence electrons. The molecule has 0 saturated carbocycles. The maximum atomic E-state index is 5.98. The van der Waals surface area contributed by atoms with E-state index in [0.717, 1.165) is 19.7 Å². The molecule has 3 nitrogen and oxygen atoms in total. The maximum absolute atomic E-state index is 5.98. The lowest BCUT2D eigenvalue weighted by molar-refractivity contribution is -0.0608. The Hall–Kier alpha value is -0.420. The van der Waals surface area contributed by atoms with E-state index in [2.05, 4.69) is 50.2 Å². The smallest absolute Gasteiger partial charge is 0.0904 e. The molecular weight excluding hydrogens is 244 g/mol. The average molecular weight is 268 g/mol. The number of hydrogen-bond acceptors (Lipinski definition) is 4. The van der Waals surface area contributed by atoms with Gasteiger partial charge in [0, 0.05) is 28.9 Å². The quantitative estimate of drug-likeness (QED) is 0.907. The van der Waals surface area contributed by atoms with Gasteiger partial charge in [0.05, 0.1) is 18.8 Å². The number of thiophene rings is 1. The third-order valence-corrected chi connectivity index (χ3v) is 4.45. The van der Waals surface area contributed by atoms with Crippen LogP contribution in [0, 0.1) is 6.92 Å². The zero-order chi connectivity index (χ0) is 13.1. The fourth-order valence-corrected chi connectivity index (χ4v) is 3.49. The molecular formula is C14H24N2OS. The molecule has 1 fully saturated rings. The summed E-state index contributed by atoms with van der Waals surface area (Å²) < 4.78 is 5.98. The van der Waals surface area contributed by atoms with Gasteiger partial charge in [0.1, 0.15) is 0 Å². The number of aryl methyl sites for hydroxylation is 1. The van der Waals surface area contributed by atoms with Crippen LogP contribution >= 0.6 is 11.3 Å². The molecule has 1 saturated heterocycles. The van der Waals surface area contributed by atoms with Crippen molar-refractivity contribution in [3.63, 3.8) is 0 Å². The summed E-state index contributed by atoms with van der Waals surface area (Å²) in [5.74, 6) is 0. The Morgan fingerprint density at radius 1 is 1.50 bits per heavy atom. The number of hydrogen-bond donors (Lipinski definition) is 1. The second-order valence-electron chi connectivity index (χ2n) is 5.35. The van der Waals surface area contributed by atoms with Gasteiger partial charge < -0.3 is 10.1 Å². The highest BCUT2D eigenvalue weighted by Gasteiger charge is 2.32. The van der Waals surface area contributed by atoms with Crippen LogP contribution in [0.2, 0.25) is 0 Å². The first-order chi connectivity index (χ1) is 8.58. The van der Waals surface area contributed by atoms with Gasteiger partial charge in [0.15, 0.2) is 0 Å². The number of nitrogens with zero attached hydrogens (tertiary/aromatic N) is 1. The van der Waals surface area contributed by atoms with Crippen molar-refractivity contribution in [1.29, 1.82) is 0 Å². The fourth-order valence-electron chi connectivity index (χ4n) is 2.40. The number of rotatable bonds is 4. The van der Waals surface area contributed by atoms with Gasteiger partial charge in [-0.2, -0.15) is 0 Å². The van der Waals surface area contributed by atoms with Gasteiger partial charge in [-0.25, -0.2) is 0 Å². The van der Waals surface area contributed by atoms with E-state index < -0.39 is 0 Å². The Morgan fingerprint density at radius 3 is 2.89 bits per heavy atom. The van der Waals surface area contributed by atoms with E-state index in [4.69, 9.17) is 4.74 Å². The van der Waals surface area contributed by atoms with Crippen molar-refractivity contribution in [3.05, 3.63) is 21.9 Å². The summed E-state index contributed by atoms with van der Waals surface area (Å²) in [6.07, 6.45) is 0.254. The van der Waals surface area contributed by atoms with Gasteiger partial charge in [-0.3, -0.25) is 4.90 Å². The molecule has 0 amide bonds. The summed E-state index contributed by atoms with van der Waals surface area (Å²) in [4.78, 5) is 5.21. The Kier molecular flexibility index (Phi) is 4.78. The zero-order valence-electron chi connectivity index (χ0n) is 11.8. The lowest BCUT2D eigenvalue weighted by Crippen LogP contribution is -2.48. The lowest BCUT2D eigenvalue weighted by Gasteiger charge is -2.39. The molecule has 0 radical (unpaired) electrons. The monoisotopic (exact) mass is 268 g/mol. The topological polar surface area (TPSA) is 24.5 Å². The molecule has 1 aromatic heterocycles. The van der Waals surface area contributed by atoms with Crippen LogP contribution < -0.4 is 5.32 Å². The highest BCUT2D eigenvalue weighted by atomic mass is 32.1. The fraction of sp³-hybridized carbons (Fsp3) is 0.714. The van der Waals surface area contributed by atoms with Crippen LogP contribution in [0.1, 0.15) is 29.6 Å². The standard InChI is InChI=1S/C14H24N2OS/c1-10(2)15-9-12-14(16(4)7-8-17-12)13-6-5-11(3)18-13/h5-6,10,12,14-15H,7-9H2,1-4H3. The summed E-state index contributed by atoms with van der Waals surface area (Å²) in [7, 11) is 2.20. The van der Waals surface area contributed by atoms with Gasteiger partial charge >= 0.3 is 0 Å². The molecule has 0 aliphatic carbocycles. The number of morpholine rings is 1. The van der Waals surface area contributed by atoms with Crippen LogP contribution in [-0.2, 0) is 4.74 Å². The van der Waals surface area contributed by atoms with Crippen molar-refractivity contribution in [2.45, 2.75) is 39.0 Å². The minimum Gasteiger partial charge on any atom is -0.374 e. The van der Waals surface area contributed by atoms with Gasteiger partial charge in [-0.15, -0.1) is 11.3 Å². The van der Waals surface area contributed by atoms with E-state index in [1.165, 1.54) is 9.75 Å². The van der Waals surface area contributed by atoms with Crippen molar-refractivity contribution < 1.29 is 4.74 Å². The molecule has 0 spiro atoms. The molecule has 1 aliphatic rings. The third kappa shape index (κ3) is 3.32.